The minimum Gasteiger partial charge on any atom is -0.393 e. The Balaban J connectivity index is 1.78. The molecule has 1 saturated heterocycles. The van der Waals surface area contributed by atoms with Crippen molar-refractivity contribution in [2.45, 2.75) is 31.1 Å². The Bertz CT molecular complexity index is 832. The fourth-order valence-electron chi connectivity index (χ4n) is 4.78. The Hall–Kier alpha value is -1.29. The number of nitrogens with zero attached hydrogens (tertiary/aromatic N) is 2. The van der Waals surface area contributed by atoms with E-state index in [1.165, 1.54) is 4.31 Å². The number of anilines is 1. The van der Waals surface area contributed by atoms with Crippen molar-refractivity contribution in [2.75, 3.05) is 10.8 Å². The van der Waals surface area contributed by atoms with Gasteiger partial charge in [-0.05, 0) is 49.3 Å². The molecule has 5 atom stereocenters. The van der Waals surface area contributed by atoms with Crippen molar-refractivity contribution in [1.29, 1.82) is 5.26 Å². The summed E-state index contributed by atoms with van der Waals surface area (Å²) >= 11 is 6.20. The van der Waals surface area contributed by atoms with Crippen LogP contribution in [0.25, 0.3) is 0 Å². The molecule has 3 aliphatic rings. The van der Waals surface area contributed by atoms with Crippen LogP contribution in [0.2, 0.25) is 5.02 Å². The van der Waals surface area contributed by atoms with Crippen LogP contribution in [0.1, 0.15) is 24.0 Å². The maximum atomic E-state index is 13.0. The number of aliphatic hydroxyl groups excluding tert-OH is 1. The first-order valence-electron chi connectivity index (χ1n) is 7.75. The highest BCUT2D eigenvalue weighted by Gasteiger charge is 2.62. The van der Waals surface area contributed by atoms with Crippen LogP contribution >= 0.6 is 11.6 Å². The molecule has 1 N–H and O–H groups in total. The van der Waals surface area contributed by atoms with Gasteiger partial charge in [0.05, 0.1) is 27.6 Å². The third-order valence-electron chi connectivity index (χ3n) is 5.84. The van der Waals surface area contributed by atoms with Crippen molar-refractivity contribution in [3.05, 3.63) is 28.3 Å². The van der Waals surface area contributed by atoms with Gasteiger partial charge in [0.2, 0.25) is 10.0 Å². The first-order valence-corrected chi connectivity index (χ1v) is 9.63. The van der Waals surface area contributed by atoms with Crippen LogP contribution in [0.4, 0.5) is 5.69 Å². The number of aliphatic hydroxyl groups is 1. The van der Waals surface area contributed by atoms with E-state index in [0.717, 1.165) is 6.42 Å². The lowest BCUT2D eigenvalue weighted by Gasteiger charge is -2.26. The van der Waals surface area contributed by atoms with Crippen LogP contribution in [0.5, 0.6) is 0 Å². The minimum atomic E-state index is -3.51. The molecule has 5 nitrogen and oxygen atoms in total. The Morgan fingerprint density at radius 3 is 2.78 bits per heavy atom. The molecule has 0 spiro atoms. The molecular weight excluding hydrogens is 336 g/mol. The van der Waals surface area contributed by atoms with Crippen molar-refractivity contribution in [2.24, 2.45) is 17.8 Å². The summed E-state index contributed by atoms with van der Waals surface area (Å²) in [7, 11) is -3.51. The number of benzene rings is 1. The summed E-state index contributed by atoms with van der Waals surface area (Å²) in [6.07, 6.45) is 1.03. The molecule has 122 valence electrons. The summed E-state index contributed by atoms with van der Waals surface area (Å²) in [6, 6.07) is 5.24. The maximum absolute atomic E-state index is 13.0. The van der Waals surface area contributed by atoms with Gasteiger partial charge in [-0.25, -0.2) is 8.42 Å². The number of sulfonamides is 1. The highest BCUT2D eigenvalue weighted by Crippen LogP contribution is 2.56. The number of rotatable bonds is 1. The molecule has 3 fully saturated rings. The first-order chi connectivity index (χ1) is 10.9. The summed E-state index contributed by atoms with van der Waals surface area (Å²) in [5.41, 5.74) is 1.51. The van der Waals surface area contributed by atoms with E-state index in [4.69, 9.17) is 16.9 Å². The Morgan fingerprint density at radius 1 is 1.35 bits per heavy atom. The van der Waals surface area contributed by atoms with E-state index in [1.807, 2.05) is 6.07 Å². The van der Waals surface area contributed by atoms with Crippen molar-refractivity contribution in [3.63, 3.8) is 0 Å². The van der Waals surface area contributed by atoms with Crippen molar-refractivity contribution < 1.29 is 13.5 Å². The average Bonchev–Trinajstić information content (AvgIpc) is 3.12. The quantitative estimate of drug-likeness (QED) is 0.838. The smallest absolute Gasteiger partial charge is 0.238 e. The lowest BCUT2D eigenvalue weighted by molar-refractivity contribution is 0.102. The fraction of sp³-hybridized carbons (Fsp3) is 0.562. The largest absolute Gasteiger partial charge is 0.393 e. The Morgan fingerprint density at radius 2 is 2.09 bits per heavy atom. The molecule has 23 heavy (non-hydrogen) atoms. The van der Waals surface area contributed by atoms with Crippen LogP contribution < -0.4 is 4.31 Å². The van der Waals surface area contributed by atoms with Crippen molar-refractivity contribution >= 4 is 27.3 Å². The van der Waals surface area contributed by atoms with Crippen molar-refractivity contribution in [1.82, 2.24) is 0 Å². The zero-order valence-corrected chi connectivity index (χ0v) is 14.2. The number of fused-ring (bicyclic) bond motifs is 5. The number of hydrogen-bond donors (Lipinski definition) is 1. The van der Waals surface area contributed by atoms with Crippen LogP contribution in [0, 0.1) is 36.0 Å². The second kappa shape index (κ2) is 4.85. The Labute approximate surface area is 140 Å². The van der Waals surface area contributed by atoms with Crippen LogP contribution in [0.15, 0.2) is 12.1 Å². The third kappa shape index (κ3) is 1.90. The molecule has 2 saturated carbocycles. The number of hydrogen-bond acceptors (Lipinski definition) is 4. The monoisotopic (exact) mass is 352 g/mol. The normalized spacial score (nSPS) is 37.0. The molecule has 2 bridgehead atoms. The van der Waals surface area contributed by atoms with Gasteiger partial charge in [-0.3, -0.25) is 4.31 Å². The van der Waals surface area contributed by atoms with E-state index < -0.39 is 21.4 Å². The van der Waals surface area contributed by atoms with Gasteiger partial charge >= 0.3 is 0 Å². The molecule has 0 aromatic heterocycles. The zero-order valence-electron chi connectivity index (χ0n) is 12.6. The molecule has 2 aliphatic carbocycles. The molecule has 1 aromatic rings. The van der Waals surface area contributed by atoms with Gasteiger partial charge in [-0.2, -0.15) is 5.26 Å². The minimum absolute atomic E-state index is 0.0854. The van der Waals surface area contributed by atoms with Crippen LogP contribution in [-0.2, 0) is 10.0 Å². The molecule has 0 unspecified atom stereocenters. The summed E-state index contributed by atoms with van der Waals surface area (Å²) in [5.74, 6) is 0.227. The van der Waals surface area contributed by atoms with Gasteiger partial charge in [-0.1, -0.05) is 11.6 Å². The summed E-state index contributed by atoms with van der Waals surface area (Å²) < 4.78 is 27.5. The highest BCUT2D eigenvalue weighted by molar-refractivity contribution is 7.93. The molecular formula is C16H17ClN2O3S. The topological polar surface area (TPSA) is 81.4 Å². The van der Waals surface area contributed by atoms with E-state index in [0.29, 0.717) is 34.8 Å². The fourth-order valence-corrected chi connectivity index (χ4v) is 7.61. The molecule has 1 heterocycles. The SMILES string of the molecule is Cc1c(N2C[C@H]3[C@H]4C[C@H]([C@H]3S2(=O)=O)[C@@H](O)C4)ccc(C#N)c1Cl. The number of halogens is 1. The summed E-state index contributed by atoms with van der Waals surface area (Å²) in [5, 5.41) is 19.0. The van der Waals surface area contributed by atoms with Gasteiger partial charge in [-0.15, -0.1) is 0 Å². The van der Waals surface area contributed by atoms with Crippen LogP contribution in [-0.4, -0.2) is 31.4 Å². The third-order valence-corrected chi connectivity index (χ3v) is 8.67. The molecule has 1 aromatic carbocycles. The zero-order chi connectivity index (χ0) is 16.5. The van der Waals surface area contributed by atoms with Gasteiger partial charge < -0.3 is 5.11 Å². The van der Waals surface area contributed by atoms with Gasteiger partial charge in [0.25, 0.3) is 0 Å². The first kappa shape index (κ1) is 15.3. The lowest BCUT2D eigenvalue weighted by Crippen LogP contribution is -2.38. The summed E-state index contributed by atoms with van der Waals surface area (Å²) in [4.78, 5) is 0. The van der Waals surface area contributed by atoms with E-state index in [9.17, 15) is 13.5 Å². The van der Waals surface area contributed by atoms with E-state index >= 15 is 0 Å². The standard InChI is InChI=1S/C16H17ClN2O3S/c1-8-13(3-2-9(6-18)15(8)17)19-7-12-10-4-11(14(20)5-10)16(12)23(19,21)22/h2-3,10-12,14,16,20H,4-5,7H2,1H3/t10-,11-,12-,14-,16+/m0/s1. The predicted molar refractivity (Wildman–Crippen MR) is 86.7 cm³/mol. The van der Waals surface area contributed by atoms with E-state index in [-0.39, 0.29) is 17.8 Å². The van der Waals surface area contributed by atoms with Crippen LogP contribution in [0.3, 0.4) is 0 Å². The Kier molecular flexibility index (Phi) is 3.22. The molecule has 0 radical (unpaired) electrons. The molecule has 1 aliphatic heterocycles. The van der Waals surface area contributed by atoms with E-state index in [2.05, 4.69) is 0 Å². The maximum Gasteiger partial charge on any atom is 0.238 e. The lowest BCUT2D eigenvalue weighted by atomic mass is 9.87. The second-order valence-electron chi connectivity index (χ2n) is 6.85. The molecule has 4 rings (SSSR count). The summed E-state index contributed by atoms with van der Waals surface area (Å²) in [6.45, 7) is 2.19. The van der Waals surface area contributed by atoms with Crippen molar-refractivity contribution in [3.8, 4) is 6.07 Å². The van der Waals surface area contributed by atoms with Gasteiger partial charge in [0, 0.05) is 12.5 Å². The average molecular weight is 353 g/mol. The predicted octanol–water partition coefficient (Wildman–Crippen LogP) is 2.06. The molecule has 7 heteroatoms. The number of nitriles is 1. The van der Waals surface area contributed by atoms with Gasteiger partial charge in [0.15, 0.2) is 0 Å². The second-order valence-corrected chi connectivity index (χ2v) is 9.24. The molecule has 0 amide bonds. The van der Waals surface area contributed by atoms with Gasteiger partial charge in [0.1, 0.15) is 6.07 Å². The van der Waals surface area contributed by atoms with E-state index in [1.54, 1.807) is 19.1 Å². The highest BCUT2D eigenvalue weighted by atomic mass is 35.5.